The number of ether oxygens (including phenoxy) is 2. The van der Waals surface area contributed by atoms with E-state index < -0.39 is 53.3 Å². The predicted octanol–water partition coefficient (Wildman–Crippen LogP) is 7.30. The van der Waals surface area contributed by atoms with Gasteiger partial charge in [0, 0.05) is 45.1 Å². The average molecular weight is 940 g/mol. The van der Waals surface area contributed by atoms with Gasteiger partial charge in [0.05, 0.1) is 24.7 Å². The van der Waals surface area contributed by atoms with E-state index in [4.69, 9.17) is 20.2 Å². The minimum absolute atomic E-state index is 0.0582. The Morgan fingerprint density at radius 3 is 1.89 bits per heavy atom. The van der Waals surface area contributed by atoms with Crippen molar-refractivity contribution in [3.05, 3.63) is 210 Å². The van der Waals surface area contributed by atoms with Crippen LogP contribution in [0.4, 0.5) is 4.79 Å². The molecule has 1 fully saturated rings. The molecular weight excluding hydrogens is 879 g/mol. The van der Waals surface area contributed by atoms with Crippen LogP contribution in [0.1, 0.15) is 60.7 Å². The van der Waals surface area contributed by atoms with Crippen LogP contribution in [0.15, 0.2) is 176 Å². The molecule has 0 bridgehead atoms. The number of carbonyl (C=O) groups is 4. The molecule has 13 heteroatoms. The SMILES string of the molecule is CC(C)(C)OC(=O)N[C@H](Cc1cn(C(c2ccccc2)(c2ccccc2)c2ccccc2)cn1)C(=O)N[C@H](Cc1ccccc1)C(=O)N1C[C@H](OCc2ccc3ccccc3c2)C[C@@H]1C(=O)NCCN. The Morgan fingerprint density at radius 2 is 1.29 bits per heavy atom. The number of fused-ring (bicyclic) bond motifs is 1. The largest absolute Gasteiger partial charge is 0.444 e. The Hall–Kier alpha value is -7.61. The van der Waals surface area contributed by atoms with Crippen LogP contribution >= 0.6 is 0 Å². The maximum atomic E-state index is 15.1. The van der Waals surface area contributed by atoms with E-state index in [-0.39, 0.29) is 51.4 Å². The highest BCUT2D eigenvalue weighted by atomic mass is 16.6. The van der Waals surface area contributed by atoms with Crippen LogP contribution in [-0.2, 0) is 48.8 Å². The lowest BCUT2D eigenvalue weighted by Crippen LogP contribution is -2.58. The van der Waals surface area contributed by atoms with Gasteiger partial charge < -0.3 is 40.6 Å². The molecule has 0 unspecified atom stereocenters. The standard InChI is InChI=1S/C57H61N7O6/c1-56(2,3)70-55(68)62-49(34-47-36-63(39-60-47)57(44-22-10-5-11-23-44,45-24-12-6-13-25-45)46-26-14-7-15-27-46)52(65)61-50(33-40-18-8-4-9-19-40)54(67)64-37-48(35-51(64)53(66)59-31-30-58)69-38-41-28-29-42-20-16-17-21-43(42)32-41/h4-29,32,36,39,48-51H,30-31,33-35,37-38,58H2,1-3H3,(H,59,66)(H,61,65)(H,62,68)/t48-,49-,50-,51-/m1/s1. The number of imidazole rings is 1. The first-order valence-corrected chi connectivity index (χ1v) is 23.8. The number of carbonyl (C=O) groups excluding carboxylic acids is 4. The van der Waals surface area contributed by atoms with Gasteiger partial charge in [0.1, 0.15) is 29.3 Å². The van der Waals surface area contributed by atoms with E-state index in [1.165, 1.54) is 4.90 Å². The topological polar surface area (TPSA) is 170 Å². The van der Waals surface area contributed by atoms with Crippen LogP contribution in [0.2, 0.25) is 0 Å². The molecule has 0 spiro atoms. The Bertz CT molecular complexity index is 2760. The van der Waals surface area contributed by atoms with Crippen LogP contribution in [0, 0.1) is 0 Å². The summed E-state index contributed by atoms with van der Waals surface area (Å²) in [4.78, 5) is 63.7. The summed E-state index contributed by atoms with van der Waals surface area (Å²) in [6.07, 6.45) is 2.62. The van der Waals surface area contributed by atoms with Gasteiger partial charge in [-0.1, -0.05) is 158 Å². The smallest absolute Gasteiger partial charge is 0.408 e. The van der Waals surface area contributed by atoms with Gasteiger partial charge in [-0.3, -0.25) is 14.4 Å². The lowest BCUT2D eigenvalue weighted by molar-refractivity contribution is -0.141. The monoisotopic (exact) mass is 939 g/mol. The third-order valence-electron chi connectivity index (χ3n) is 12.5. The Balaban J connectivity index is 1.10. The van der Waals surface area contributed by atoms with Gasteiger partial charge in [0.15, 0.2) is 0 Å². The molecule has 0 aliphatic carbocycles. The number of nitrogens with one attached hydrogen (secondary N) is 3. The molecule has 0 radical (unpaired) electrons. The molecule has 8 rings (SSSR count). The molecule has 1 aliphatic rings. The highest BCUT2D eigenvalue weighted by Crippen LogP contribution is 2.41. The summed E-state index contributed by atoms with van der Waals surface area (Å²) in [5, 5.41) is 10.9. The minimum Gasteiger partial charge on any atom is -0.444 e. The molecular formula is C57H61N7O6. The fourth-order valence-electron chi connectivity index (χ4n) is 9.29. The van der Waals surface area contributed by atoms with E-state index in [0.717, 1.165) is 38.6 Å². The second-order valence-electron chi connectivity index (χ2n) is 18.7. The molecule has 360 valence electrons. The highest BCUT2D eigenvalue weighted by Gasteiger charge is 2.43. The lowest BCUT2D eigenvalue weighted by atomic mass is 9.77. The molecule has 4 atom stereocenters. The molecule has 7 aromatic rings. The first-order chi connectivity index (χ1) is 33.9. The molecule has 5 N–H and O–H groups in total. The summed E-state index contributed by atoms with van der Waals surface area (Å²) < 4.78 is 14.1. The molecule has 13 nitrogen and oxygen atoms in total. The van der Waals surface area contributed by atoms with Gasteiger partial charge in [-0.15, -0.1) is 0 Å². The van der Waals surface area contributed by atoms with E-state index in [1.54, 1.807) is 27.1 Å². The van der Waals surface area contributed by atoms with Crippen LogP contribution in [0.5, 0.6) is 0 Å². The lowest BCUT2D eigenvalue weighted by Gasteiger charge is -2.37. The Morgan fingerprint density at radius 1 is 0.700 bits per heavy atom. The van der Waals surface area contributed by atoms with Gasteiger partial charge >= 0.3 is 6.09 Å². The third-order valence-corrected chi connectivity index (χ3v) is 12.5. The number of amides is 4. The second kappa shape index (κ2) is 22.2. The van der Waals surface area contributed by atoms with Crippen molar-refractivity contribution in [1.82, 2.24) is 30.4 Å². The molecule has 6 aromatic carbocycles. The second-order valence-corrected chi connectivity index (χ2v) is 18.7. The average Bonchev–Trinajstić information content (AvgIpc) is 4.03. The van der Waals surface area contributed by atoms with Gasteiger partial charge in [0.25, 0.3) is 0 Å². The zero-order valence-corrected chi connectivity index (χ0v) is 39.9. The number of hydrogen-bond donors (Lipinski definition) is 4. The minimum atomic E-state index is -1.25. The first kappa shape index (κ1) is 48.8. The van der Waals surface area contributed by atoms with Gasteiger partial charge in [0.2, 0.25) is 17.7 Å². The molecule has 0 saturated carbocycles. The number of alkyl carbamates (subject to hydrolysis) is 1. The quantitative estimate of drug-likeness (QED) is 0.0650. The number of hydrogen-bond acceptors (Lipinski definition) is 8. The molecule has 4 amide bonds. The number of aromatic nitrogens is 2. The maximum Gasteiger partial charge on any atom is 0.408 e. The summed E-state index contributed by atoms with van der Waals surface area (Å²) in [6.45, 7) is 6.04. The van der Waals surface area contributed by atoms with Crippen molar-refractivity contribution in [1.29, 1.82) is 0 Å². The number of benzene rings is 6. The summed E-state index contributed by atoms with van der Waals surface area (Å²) in [5.74, 6) is -1.47. The van der Waals surface area contributed by atoms with Crippen molar-refractivity contribution >= 4 is 34.6 Å². The highest BCUT2D eigenvalue weighted by molar-refractivity contribution is 5.94. The maximum absolute atomic E-state index is 15.1. The molecule has 1 aliphatic heterocycles. The van der Waals surface area contributed by atoms with E-state index in [2.05, 4.69) is 58.4 Å². The fraction of sp³-hybridized carbons (Fsp3) is 0.281. The van der Waals surface area contributed by atoms with Crippen molar-refractivity contribution in [2.24, 2.45) is 5.73 Å². The van der Waals surface area contributed by atoms with Crippen LogP contribution < -0.4 is 21.7 Å². The summed E-state index contributed by atoms with van der Waals surface area (Å²) in [6, 6.07) is 50.7. The fourth-order valence-corrected chi connectivity index (χ4v) is 9.29. The van der Waals surface area contributed by atoms with Crippen LogP contribution in [-0.4, -0.2) is 87.7 Å². The predicted molar refractivity (Wildman–Crippen MR) is 270 cm³/mol. The zero-order valence-electron chi connectivity index (χ0n) is 39.9. The van der Waals surface area contributed by atoms with Gasteiger partial charge in [-0.2, -0.15) is 0 Å². The number of rotatable bonds is 18. The van der Waals surface area contributed by atoms with E-state index in [1.807, 2.05) is 132 Å². The van der Waals surface area contributed by atoms with Gasteiger partial charge in [-0.05, 0) is 65.4 Å². The van der Waals surface area contributed by atoms with Crippen LogP contribution in [0.3, 0.4) is 0 Å². The first-order valence-electron chi connectivity index (χ1n) is 23.8. The molecule has 70 heavy (non-hydrogen) atoms. The van der Waals surface area contributed by atoms with Crippen molar-refractivity contribution < 1.29 is 28.7 Å². The van der Waals surface area contributed by atoms with Gasteiger partial charge in [-0.25, -0.2) is 9.78 Å². The number of likely N-dealkylation sites (tertiary alicyclic amines) is 1. The molecule has 2 heterocycles. The van der Waals surface area contributed by atoms with E-state index >= 15 is 4.79 Å². The Kier molecular flexibility index (Phi) is 15.5. The third kappa shape index (κ3) is 11.6. The van der Waals surface area contributed by atoms with Crippen molar-refractivity contribution in [2.75, 3.05) is 19.6 Å². The Labute approximate surface area is 409 Å². The number of nitrogens with zero attached hydrogens (tertiary/aromatic N) is 3. The molecule has 1 saturated heterocycles. The summed E-state index contributed by atoms with van der Waals surface area (Å²) in [5.41, 5.74) is 9.22. The van der Waals surface area contributed by atoms with Crippen molar-refractivity contribution in [3.8, 4) is 0 Å². The normalized spacial score (nSPS) is 15.7. The van der Waals surface area contributed by atoms with Crippen molar-refractivity contribution in [3.63, 3.8) is 0 Å². The van der Waals surface area contributed by atoms with Crippen LogP contribution in [0.25, 0.3) is 10.8 Å². The number of nitrogens with two attached hydrogens (primary N) is 1. The zero-order chi connectivity index (χ0) is 49.1. The molecule has 1 aromatic heterocycles. The van der Waals surface area contributed by atoms with E-state index in [9.17, 15) is 14.4 Å². The van der Waals surface area contributed by atoms with E-state index in [0.29, 0.717) is 5.69 Å². The summed E-state index contributed by atoms with van der Waals surface area (Å²) >= 11 is 0. The van der Waals surface area contributed by atoms with Crippen molar-refractivity contribution in [2.45, 2.75) is 82.0 Å². The summed E-state index contributed by atoms with van der Waals surface area (Å²) in [7, 11) is 0.